The van der Waals surface area contributed by atoms with Gasteiger partial charge < -0.3 is 39.4 Å². The molecular formula is C35H50N4O12S2. The number of aliphatic hydroxyl groups excluding tert-OH is 1. The minimum atomic E-state index is -4.23. The Morgan fingerprint density at radius 3 is 2.55 bits per heavy atom. The molecule has 16 nitrogen and oxygen atoms in total. The van der Waals surface area contributed by atoms with E-state index in [1.165, 1.54) is 22.5 Å². The number of nitrogens with zero attached hydrogens (tertiary/aromatic N) is 1. The van der Waals surface area contributed by atoms with Crippen molar-refractivity contribution >= 4 is 32.0 Å². The average Bonchev–Trinajstić information content (AvgIpc) is 3.85. The number of sulfonamides is 2. The van der Waals surface area contributed by atoms with Crippen LogP contribution in [0.25, 0.3) is 0 Å². The van der Waals surface area contributed by atoms with Crippen molar-refractivity contribution in [2.75, 3.05) is 52.4 Å². The first-order chi connectivity index (χ1) is 25.1. The van der Waals surface area contributed by atoms with Crippen LogP contribution in [0.3, 0.4) is 0 Å². The predicted octanol–water partition coefficient (Wildman–Crippen LogP) is 1.73. The fourth-order valence-corrected chi connectivity index (χ4v) is 8.62. The van der Waals surface area contributed by atoms with Crippen molar-refractivity contribution in [3.8, 4) is 11.5 Å². The number of aliphatic hydroxyl groups is 1. The van der Waals surface area contributed by atoms with Crippen molar-refractivity contribution < 1.29 is 55.2 Å². The molecule has 0 unspecified atom stereocenters. The van der Waals surface area contributed by atoms with Gasteiger partial charge in [0.1, 0.15) is 6.10 Å². The zero-order chi connectivity index (χ0) is 38.2. The number of carbonyl (C=O) groups is 2. The van der Waals surface area contributed by atoms with Crippen LogP contribution in [0.15, 0.2) is 53.4 Å². The second kappa shape index (κ2) is 17.7. The van der Waals surface area contributed by atoms with Crippen LogP contribution in [0.1, 0.15) is 45.1 Å². The van der Waals surface area contributed by atoms with E-state index in [4.69, 9.17) is 23.7 Å². The summed E-state index contributed by atoms with van der Waals surface area (Å²) in [5, 5.41) is 17.3. The fraction of sp³-hybridized carbons (Fsp3) is 0.600. The molecule has 5 atom stereocenters. The quantitative estimate of drug-likeness (QED) is 0.150. The third kappa shape index (κ3) is 11.7. The maximum absolute atomic E-state index is 14.4. The molecule has 53 heavy (non-hydrogen) atoms. The van der Waals surface area contributed by atoms with Crippen LogP contribution in [0, 0.1) is 11.3 Å². The number of carbonyl (C=O) groups excluding carboxylic acids is 2. The summed E-state index contributed by atoms with van der Waals surface area (Å²) in [5.74, 6) is 0.164. The highest BCUT2D eigenvalue weighted by Gasteiger charge is 2.44. The number of fused-ring (bicyclic) bond motifs is 2. The highest BCUT2D eigenvalue weighted by atomic mass is 32.2. The maximum Gasteiger partial charge on any atom is 0.407 e. The van der Waals surface area contributed by atoms with E-state index in [-0.39, 0.29) is 56.0 Å². The number of ether oxygens (including phenoxy) is 5. The molecule has 3 aliphatic rings. The lowest BCUT2D eigenvalue weighted by Crippen LogP contribution is -2.52. The summed E-state index contributed by atoms with van der Waals surface area (Å²) in [7, 11) is -7.72. The molecule has 0 saturated carbocycles. The van der Waals surface area contributed by atoms with Crippen molar-refractivity contribution in [2.24, 2.45) is 11.3 Å². The molecule has 4 N–H and O–H groups in total. The second-order valence-corrected chi connectivity index (χ2v) is 18.1. The van der Waals surface area contributed by atoms with Crippen molar-refractivity contribution in [2.45, 2.75) is 75.4 Å². The van der Waals surface area contributed by atoms with E-state index in [1.54, 1.807) is 0 Å². The Bertz CT molecular complexity index is 1780. The molecule has 2 aromatic carbocycles. The van der Waals surface area contributed by atoms with E-state index in [9.17, 15) is 31.5 Å². The van der Waals surface area contributed by atoms with E-state index < -0.39 is 62.0 Å². The molecule has 2 saturated heterocycles. The van der Waals surface area contributed by atoms with Gasteiger partial charge in [-0.15, -0.1) is 0 Å². The van der Waals surface area contributed by atoms with E-state index in [2.05, 4.69) is 15.4 Å². The van der Waals surface area contributed by atoms with E-state index in [0.29, 0.717) is 44.6 Å². The van der Waals surface area contributed by atoms with E-state index in [1.807, 2.05) is 44.2 Å². The molecule has 0 spiro atoms. The van der Waals surface area contributed by atoms with E-state index in [0.717, 1.165) is 11.8 Å². The zero-order valence-corrected chi connectivity index (χ0v) is 31.8. The lowest BCUT2D eigenvalue weighted by Gasteiger charge is -2.35. The van der Waals surface area contributed by atoms with Crippen LogP contribution in [0.2, 0.25) is 0 Å². The molecule has 0 bridgehead atoms. The molecule has 2 aromatic rings. The smallest absolute Gasteiger partial charge is 0.407 e. The van der Waals surface area contributed by atoms with Gasteiger partial charge in [0.25, 0.3) is 0 Å². The van der Waals surface area contributed by atoms with Gasteiger partial charge in [-0.05, 0) is 48.8 Å². The molecule has 3 heterocycles. The summed E-state index contributed by atoms with van der Waals surface area (Å²) in [6, 6.07) is 12.7. The number of hydrogen-bond donors (Lipinski definition) is 4. The van der Waals surface area contributed by atoms with Crippen LogP contribution in [0.5, 0.6) is 11.5 Å². The maximum atomic E-state index is 14.4. The lowest BCUT2D eigenvalue weighted by atomic mass is 9.87. The summed E-state index contributed by atoms with van der Waals surface area (Å²) in [4.78, 5) is 25.2. The summed E-state index contributed by atoms with van der Waals surface area (Å²) in [6.45, 7) is 4.10. The minimum absolute atomic E-state index is 0.0104. The molecule has 0 radical (unpaired) electrons. The minimum Gasteiger partial charge on any atom is -0.454 e. The van der Waals surface area contributed by atoms with Gasteiger partial charge in [0, 0.05) is 25.7 Å². The molecule has 5 rings (SSSR count). The number of hydrogen-bond acceptors (Lipinski definition) is 12. The molecule has 2 amide bonds. The van der Waals surface area contributed by atoms with Gasteiger partial charge in [-0.25, -0.2) is 26.4 Å². The third-order valence-electron chi connectivity index (χ3n) is 9.38. The highest BCUT2D eigenvalue weighted by molar-refractivity contribution is 7.89. The molecule has 3 aliphatic heterocycles. The number of benzene rings is 2. The standard InChI is InChI=1S/C35H50N4O12S2/c1-35(2,14-7-8-15-36-32(41)19-37-52(3,43)44)22-39(53(45,46)25-11-12-29-30(18-25)50-23-49-29)20-28(40)27(17-24-9-5-4-6-10-24)38-34(42)51-31-21-48-33-26(31)13-16-47-33/h4-6,9-12,18,26-28,31,33,37,40H,7-8,13-17,19-23H2,1-3H3,(H,36,41)(H,38,42)/t26-,27-,28+,31-,33+/m0/s1. The number of unbranched alkanes of at least 4 members (excludes halogenated alkanes) is 1. The Morgan fingerprint density at radius 1 is 1.04 bits per heavy atom. The molecule has 0 aliphatic carbocycles. The van der Waals surface area contributed by atoms with Gasteiger partial charge >= 0.3 is 6.09 Å². The Morgan fingerprint density at radius 2 is 1.79 bits per heavy atom. The summed E-state index contributed by atoms with van der Waals surface area (Å²) < 4.78 is 82.3. The van der Waals surface area contributed by atoms with Crippen LogP contribution in [-0.4, -0.2) is 115 Å². The summed E-state index contributed by atoms with van der Waals surface area (Å²) in [6.07, 6.45) is 0.554. The van der Waals surface area contributed by atoms with Crippen LogP contribution in [-0.2, 0) is 45.5 Å². The van der Waals surface area contributed by atoms with Crippen LogP contribution in [0.4, 0.5) is 4.79 Å². The first-order valence-corrected chi connectivity index (χ1v) is 21.0. The normalized spacial score (nSPS) is 20.9. The first kappa shape index (κ1) is 40.7. The Kier molecular flexibility index (Phi) is 13.6. The summed E-state index contributed by atoms with van der Waals surface area (Å²) >= 11 is 0. The summed E-state index contributed by atoms with van der Waals surface area (Å²) in [5.41, 5.74) is 0.212. The third-order valence-corrected chi connectivity index (χ3v) is 11.9. The van der Waals surface area contributed by atoms with Gasteiger partial charge in [0.05, 0.1) is 49.0 Å². The number of alkyl carbamates (subject to hydrolysis) is 1. The Balaban J connectivity index is 1.29. The topological polar surface area (TPSA) is 208 Å². The molecular weight excluding hydrogens is 733 g/mol. The Hall–Kier alpha value is -3.52. The molecule has 2 fully saturated rings. The van der Waals surface area contributed by atoms with Crippen LogP contribution >= 0.6 is 0 Å². The van der Waals surface area contributed by atoms with Gasteiger partial charge in [0.15, 0.2) is 17.8 Å². The zero-order valence-electron chi connectivity index (χ0n) is 30.2. The number of amides is 2. The van der Waals surface area contributed by atoms with Gasteiger partial charge in [-0.3, -0.25) is 4.79 Å². The molecule has 0 aromatic heterocycles. The monoisotopic (exact) mass is 782 g/mol. The Labute approximate surface area is 310 Å². The lowest BCUT2D eigenvalue weighted by molar-refractivity contribution is -0.119. The second-order valence-electron chi connectivity index (χ2n) is 14.4. The molecule has 294 valence electrons. The van der Waals surface area contributed by atoms with Crippen molar-refractivity contribution in [3.05, 3.63) is 54.1 Å². The SMILES string of the molecule is CC(C)(CCCCNC(=O)CNS(C)(=O)=O)CN(C[C@@H](O)[C@H](Cc1ccccc1)NC(=O)O[C@H]1CO[C@H]2OCC[C@H]21)S(=O)(=O)c1ccc2c(c1)OCO2. The van der Waals surface area contributed by atoms with Gasteiger partial charge in [-0.2, -0.15) is 4.31 Å². The first-order valence-electron chi connectivity index (χ1n) is 17.6. The van der Waals surface area contributed by atoms with Crippen molar-refractivity contribution in [3.63, 3.8) is 0 Å². The van der Waals surface area contributed by atoms with Crippen LogP contribution < -0.4 is 24.8 Å². The fourth-order valence-electron chi connectivity index (χ4n) is 6.56. The largest absolute Gasteiger partial charge is 0.454 e. The molecule has 18 heteroatoms. The van der Waals surface area contributed by atoms with Gasteiger partial charge in [0.2, 0.25) is 32.7 Å². The van der Waals surface area contributed by atoms with Crippen molar-refractivity contribution in [1.29, 1.82) is 0 Å². The predicted molar refractivity (Wildman–Crippen MR) is 192 cm³/mol. The van der Waals surface area contributed by atoms with Gasteiger partial charge in [-0.1, -0.05) is 50.6 Å². The number of rotatable bonds is 19. The van der Waals surface area contributed by atoms with E-state index >= 15 is 0 Å². The number of nitrogens with one attached hydrogen (secondary N) is 3. The highest BCUT2D eigenvalue weighted by Crippen LogP contribution is 2.36. The average molecular weight is 783 g/mol. The van der Waals surface area contributed by atoms with Crippen molar-refractivity contribution in [1.82, 2.24) is 19.7 Å².